The summed E-state index contributed by atoms with van der Waals surface area (Å²) in [6, 6.07) is 2.22. The zero-order valence-corrected chi connectivity index (χ0v) is 16.5. The molecule has 0 bridgehead atoms. The van der Waals surface area contributed by atoms with E-state index >= 15 is 0 Å². The van der Waals surface area contributed by atoms with E-state index in [4.69, 9.17) is 16.3 Å². The first-order valence-corrected chi connectivity index (χ1v) is 10.8. The predicted octanol–water partition coefficient (Wildman–Crippen LogP) is 2.67. The highest BCUT2D eigenvalue weighted by Crippen LogP contribution is 2.31. The van der Waals surface area contributed by atoms with Gasteiger partial charge in [-0.2, -0.15) is 4.98 Å². The molecule has 0 radical (unpaired) electrons. The average Bonchev–Trinajstić information content (AvgIpc) is 3.08. The van der Waals surface area contributed by atoms with Crippen molar-refractivity contribution in [2.45, 2.75) is 37.8 Å². The van der Waals surface area contributed by atoms with Crippen LogP contribution in [0.1, 0.15) is 25.7 Å². The van der Waals surface area contributed by atoms with Crippen molar-refractivity contribution in [3.05, 3.63) is 17.3 Å². The molecule has 2 N–H and O–H groups in total. The van der Waals surface area contributed by atoms with E-state index in [1.807, 2.05) is 24.2 Å². The average molecular weight is 397 g/mol. The predicted molar refractivity (Wildman–Crippen MR) is 106 cm³/mol. The summed E-state index contributed by atoms with van der Waals surface area (Å²) in [5.41, 5.74) is 0.681. The fourth-order valence-corrected chi connectivity index (χ4v) is 4.28. The maximum absolute atomic E-state index is 6.41. The lowest BCUT2D eigenvalue weighted by Gasteiger charge is -2.30. The molecule has 26 heavy (non-hydrogen) atoms. The maximum Gasteiger partial charge on any atom is 0.243 e. The molecule has 0 amide bonds. The monoisotopic (exact) mass is 396 g/mol. The summed E-state index contributed by atoms with van der Waals surface area (Å²) in [6.45, 7) is 4.11. The topological polar surface area (TPSA) is 66.7 Å². The zero-order chi connectivity index (χ0) is 17.9. The Balaban J connectivity index is 1.50. The quantitative estimate of drug-likeness (QED) is 0.753. The van der Waals surface area contributed by atoms with Crippen LogP contribution in [0.2, 0.25) is 5.02 Å². The molecule has 4 rings (SSSR count). The van der Waals surface area contributed by atoms with Crippen molar-refractivity contribution in [3.63, 3.8) is 0 Å². The van der Waals surface area contributed by atoms with E-state index < -0.39 is 0 Å². The van der Waals surface area contributed by atoms with Crippen molar-refractivity contribution in [2.24, 2.45) is 0 Å². The van der Waals surface area contributed by atoms with Gasteiger partial charge in [0.15, 0.2) is 5.75 Å². The Hall–Kier alpha value is -1.22. The van der Waals surface area contributed by atoms with Crippen LogP contribution in [-0.4, -0.2) is 63.5 Å². The summed E-state index contributed by atoms with van der Waals surface area (Å²) in [5, 5.41) is 12.0. The number of nitrogens with zero attached hydrogens (tertiary/aromatic N) is 4. The molecule has 2 aromatic rings. The van der Waals surface area contributed by atoms with Gasteiger partial charge in [0.05, 0.1) is 5.02 Å². The first-order chi connectivity index (χ1) is 12.7. The molecule has 0 saturated carbocycles. The van der Waals surface area contributed by atoms with Crippen LogP contribution >= 0.6 is 23.5 Å². The highest BCUT2D eigenvalue weighted by Gasteiger charge is 2.22. The second-order valence-corrected chi connectivity index (χ2v) is 8.08. The SMILES string of the molecule is CSN1CCC(Nc2nc3c(OC4CCNCC4)c(Cl)ccn3n2)CC1. The number of pyridine rings is 1. The molecule has 0 aromatic carbocycles. The van der Waals surface area contributed by atoms with E-state index in [0.29, 0.717) is 28.4 Å². The Morgan fingerprint density at radius 2 is 2.04 bits per heavy atom. The molecule has 0 atom stereocenters. The van der Waals surface area contributed by atoms with Crippen molar-refractivity contribution in [2.75, 3.05) is 37.8 Å². The number of halogens is 1. The second-order valence-electron chi connectivity index (χ2n) is 6.79. The highest BCUT2D eigenvalue weighted by molar-refractivity contribution is 7.96. The maximum atomic E-state index is 6.41. The van der Waals surface area contributed by atoms with Gasteiger partial charge in [-0.25, -0.2) is 4.52 Å². The minimum Gasteiger partial charge on any atom is -0.485 e. The van der Waals surface area contributed by atoms with Crippen LogP contribution in [0.3, 0.4) is 0 Å². The molecule has 2 saturated heterocycles. The lowest BCUT2D eigenvalue weighted by molar-refractivity contribution is 0.164. The number of anilines is 1. The van der Waals surface area contributed by atoms with Crippen LogP contribution in [0, 0.1) is 0 Å². The normalized spacial score (nSPS) is 20.5. The van der Waals surface area contributed by atoms with Crippen molar-refractivity contribution in [1.82, 2.24) is 24.2 Å². The zero-order valence-electron chi connectivity index (χ0n) is 14.9. The number of rotatable bonds is 5. The summed E-state index contributed by atoms with van der Waals surface area (Å²) in [6.07, 6.45) is 8.27. The molecule has 7 nitrogen and oxygen atoms in total. The minimum atomic E-state index is 0.170. The third-order valence-corrected chi connectivity index (χ3v) is 6.21. The third kappa shape index (κ3) is 4.03. The van der Waals surface area contributed by atoms with Crippen LogP contribution in [0.25, 0.3) is 5.65 Å². The fraction of sp³-hybridized carbons (Fsp3) is 0.647. The number of piperidine rings is 2. The Kier molecular flexibility index (Phi) is 5.73. The van der Waals surface area contributed by atoms with E-state index in [1.54, 1.807) is 4.52 Å². The van der Waals surface area contributed by atoms with Gasteiger partial charge in [-0.3, -0.25) is 4.31 Å². The molecule has 2 fully saturated rings. The first kappa shape index (κ1) is 18.2. The van der Waals surface area contributed by atoms with Gasteiger partial charge >= 0.3 is 0 Å². The van der Waals surface area contributed by atoms with Crippen LogP contribution < -0.4 is 15.4 Å². The van der Waals surface area contributed by atoms with Gasteiger partial charge in [-0.05, 0) is 51.1 Å². The Labute approximate surface area is 162 Å². The number of ether oxygens (including phenoxy) is 1. The van der Waals surface area contributed by atoms with Gasteiger partial charge in [-0.1, -0.05) is 23.5 Å². The molecule has 2 aliphatic rings. The Bertz CT molecular complexity index is 742. The summed E-state index contributed by atoms with van der Waals surface area (Å²) in [5.74, 6) is 1.28. The van der Waals surface area contributed by atoms with E-state index in [9.17, 15) is 0 Å². The molecular weight excluding hydrogens is 372 g/mol. The van der Waals surface area contributed by atoms with Gasteiger partial charge in [0.2, 0.25) is 11.6 Å². The van der Waals surface area contributed by atoms with Crippen LogP contribution in [0.15, 0.2) is 12.3 Å². The van der Waals surface area contributed by atoms with Crippen molar-refractivity contribution in [3.8, 4) is 5.75 Å². The number of aromatic nitrogens is 3. The lowest BCUT2D eigenvalue weighted by Crippen LogP contribution is -2.35. The van der Waals surface area contributed by atoms with Crippen LogP contribution in [-0.2, 0) is 0 Å². The van der Waals surface area contributed by atoms with Crippen molar-refractivity contribution in [1.29, 1.82) is 0 Å². The van der Waals surface area contributed by atoms with Gasteiger partial charge in [0, 0.05) is 25.3 Å². The largest absolute Gasteiger partial charge is 0.485 e. The minimum absolute atomic E-state index is 0.170. The molecule has 2 aliphatic heterocycles. The number of fused-ring (bicyclic) bond motifs is 1. The summed E-state index contributed by atoms with van der Waals surface area (Å²) >= 11 is 8.22. The van der Waals surface area contributed by atoms with Crippen molar-refractivity contribution >= 4 is 35.1 Å². The van der Waals surface area contributed by atoms with Gasteiger partial charge in [0.25, 0.3) is 0 Å². The number of nitrogens with one attached hydrogen (secondary N) is 2. The van der Waals surface area contributed by atoms with E-state index in [1.165, 1.54) is 0 Å². The fourth-order valence-electron chi connectivity index (χ4n) is 3.52. The molecule has 4 heterocycles. The molecule has 2 aromatic heterocycles. The Morgan fingerprint density at radius 1 is 1.27 bits per heavy atom. The highest BCUT2D eigenvalue weighted by atomic mass is 35.5. The second kappa shape index (κ2) is 8.21. The number of hydrogen-bond donors (Lipinski definition) is 2. The van der Waals surface area contributed by atoms with E-state index in [0.717, 1.165) is 51.9 Å². The van der Waals surface area contributed by atoms with Gasteiger partial charge in [-0.15, -0.1) is 5.10 Å². The molecule has 0 unspecified atom stereocenters. The van der Waals surface area contributed by atoms with Crippen LogP contribution in [0.5, 0.6) is 5.75 Å². The van der Waals surface area contributed by atoms with E-state index in [2.05, 4.69) is 31.3 Å². The summed E-state index contributed by atoms with van der Waals surface area (Å²) < 4.78 is 10.3. The molecular formula is C17H25ClN6OS. The first-order valence-electron chi connectivity index (χ1n) is 9.21. The summed E-state index contributed by atoms with van der Waals surface area (Å²) in [7, 11) is 0. The van der Waals surface area contributed by atoms with E-state index in [-0.39, 0.29) is 6.10 Å². The van der Waals surface area contributed by atoms with Crippen molar-refractivity contribution < 1.29 is 4.74 Å². The number of hydrogen-bond acceptors (Lipinski definition) is 7. The summed E-state index contributed by atoms with van der Waals surface area (Å²) in [4.78, 5) is 4.67. The molecule has 0 spiro atoms. The molecule has 142 valence electrons. The van der Waals surface area contributed by atoms with Gasteiger partial charge in [0.1, 0.15) is 6.10 Å². The van der Waals surface area contributed by atoms with Gasteiger partial charge < -0.3 is 15.4 Å². The third-order valence-electron chi connectivity index (χ3n) is 5.03. The molecule has 0 aliphatic carbocycles. The lowest BCUT2D eigenvalue weighted by atomic mass is 10.1. The Morgan fingerprint density at radius 3 is 2.77 bits per heavy atom. The standard InChI is InChI=1S/C17H25ClN6OS/c1-26-23-9-4-12(5-10-23)20-17-21-16-15(14(18)6-11-24(16)22-17)25-13-2-7-19-8-3-13/h6,11-13,19H,2-5,7-10H2,1H3,(H,20,22). The molecule has 9 heteroatoms. The van der Waals surface area contributed by atoms with Crippen LogP contribution in [0.4, 0.5) is 5.95 Å². The smallest absolute Gasteiger partial charge is 0.243 e.